The molecule has 0 heterocycles. The van der Waals surface area contributed by atoms with Crippen LogP contribution >= 0.6 is 0 Å². The van der Waals surface area contributed by atoms with Gasteiger partial charge in [-0.25, -0.2) is 0 Å². The highest BCUT2D eigenvalue weighted by atomic mass is 16.5. The Morgan fingerprint density at radius 2 is 1.55 bits per heavy atom. The highest BCUT2D eigenvalue weighted by molar-refractivity contribution is 5.36. The molecule has 0 amide bonds. The van der Waals surface area contributed by atoms with Gasteiger partial charge >= 0.3 is 0 Å². The van der Waals surface area contributed by atoms with Gasteiger partial charge in [0.15, 0.2) is 0 Å². The van der Waals surface area contributed by atoms with E-state index >= 15 is 0 Å². The summed E-state index contributed by atoms with van der Waals surface area (Å²) in [6, 6.07) is 12.9. The quantitative estimate of drug-likeness (QED) is 0.856. The predicted molar refractivity (Wildman–Crippen MR) is 93.7 cm³/mol. The Balaban J connectivity index is 2.02. The molecule has 2 aromatic rings. The van der Waals surface area contributed by atoms with Crippen LogP contribution in [0.4, 0.5) is 0 Å². The van der Waals surface area contributed by atoms with Gasteiger partial charge < -0.3 is 10.5 Å². The highest BCUT2D eigenvalue weighted by Crippen LogP contribution is 2.25. The van der Waals surface area contributed by atoms with Crippen molar-refractivity contribution < 1.29 is 4.74 Å². The average Bonchev–Trinajstić information content (AvgIpc) is 2.50. The van der Waals surface area contributed by atoms with Crippen molar-refractivity contribution >= 4 is 0 Å². The van der Waals surface area contributed by atoms with Crippen LogP contribution in [0.5, 0.6) is 5.75 Å². The van der Waals surface area contributed by atoms with Gasteiger partial charge in [0.1, 0.15) is 5.75 Å². The van der Waals surface area contributed by atoms with E-state index < -0.39 is 0 Å². The fourth-order valence-corrected chi connectivity index (χ4v) is 2.77. The van der Waals surface area contributed by atoms with E-state index in [1.807, 2.05) is 0 Å². The molecule has 0 aliphatic heterocycles. The van der Waals surface area contributed by atoms with Crippen molar-refractivity contribution in [2.45, 2.75) is 40.0 Å². The minimum atomic E-state index is 0.352. The number of aryl methyl sites for hydroxylation is 4. The zero-order chi connectivity index (χ0) is 16.1. The van der Waals surface area contributed by atoms with Gasteiger partial charge in [-0.15, -0.1) is 0 Å². The molecule has 0 spiro atoms. The third kappa shape index (κ3) is 4.11. The van der Waals surface area contributed by atoms with Gasteiger partial charge in [0.2, 0.25) is 0 Å². The Hall–Kier alpha value is -1.80. The summed E-state index contributed by atoms with van der Waals surface area (Å²) in [7, 11) is 0. The summed E-state index contributed by atoms with van der Waals surface area (Å²) >= 11 is 0. The molecule has 2 nitrogen and oxygen atoms in total. The first-order valence-electron chi connectivity index (χ1n) is 7.98. The van der Waals surface area contributed by atoms with E-state index in [1.165, 1.54) is 27.8 Å². The van der Waals surface area contributed by atoms with Gasteiger partial charge in [-0.3, -0.25) is 0 Å². The third-order valence-corrected chi connectivity index (χ3v) is 4.23. The molecule has 0 saturated carbocycles. The van der Waals surface area contributed by atoms with Crippen LogP contribution < -0.4 is 10.5 Å². The lowest BCUT2D eigenvalue weighted by Crippen LogP contribution is -2.17. The zero-order valence-corrected chi connectivity index (χ0v) is 14.1. The molecule has 1 unspecified atom stereocenters. The number of benzene rings is 2. The Morgan fingerprint density at radius 1 is 0.909 bits per heavy atom. The molecule has 2 aromatic carbocycles. The van der Waals surface area contributed by atoms with Crippen LogP contribution in [0.25, 0.3) is 0 Å². The number of hydrogen-bond donors (Lipinski definition) is 1. The van der Waals surface area contributed by atoms with Crippen molar-refractivity contribution in [3.8, 4) is 5.75 Å². The highest BCUT2D eigenvalue weighted by Gasteiger charge is 2.13. The van der Waals surface area contributed by atoms with Gasteiger partial charge in [0, 0.05) is 0 Å². The molecule has 0 saturated heterocycles. The van der Waals surface area contributed by atoms with E-state index in [2.05, 4.69) is 64.1 Å². The smallest absolute Gasteiger partial charge is 0.122 e. The lowest BCUT2D eigenvalue weighted by Gasteiger charge is -2.19. The molecule has 0 aliphatic carbocycles. The first-order chi connectivity index (χ1) is 10.5. The third-order valence-electron chi connectivity index (χ3n) is 4.23. The minimum absolute atomic E-state index is 0.352. The van der Waals surface area contributed by atoms with Crippen LogP contribution in [0.3, 0.4) is 0 Å². The molecular weight excluding hydrogens is 270 g/mol. The largest absolute Gasteiger partial charge is 0.493 e. The first-order valence-corrected chi connectivity index (χ1v) is 7.98. The van der Waals surface area contributed by atoms with Crippen molar-refractivity contribution in [2.75, 3.05) is 13.2 Å². The maximum atomic E-state index is 6.00. The summed E-state index contributed by atoms with van der Waals surface area (Å²) in [5.74, 6) is 1.33. The van der Waals surface area contributed by atoms with E-state index in [1.54, 1.807) is 0 Å². The Labute approximate surface area is 134 Å². The Morgan fingerprint density at radius 3 is 2.23 bits per heavy atom. The van der Waals surface area contributed by atoms with Gasteiger partial charge in [-0.05, 0) is 74.9 Å². The molecule has 2 heteroatoms. The molecule has 0 aliphatic rings. The van der Waals surface area contributed by atoms with Crippen LogP contribution in [-0.2, 0) is 0 Å². The van der Waals surface area contributed by atoms with Crippen LogP contribution in [0, 0.1) is 27.7 Å². The maximum absolute atomic E-state index is 6.00. The molecule has 2 rings (SSSR count). The normalized spacial score (nSPS) is 12.2. The van der Waals surface area contributed by atoms with E-state index in [0.29, 0.717) is 19.1 Å². The van der Waals surface area contributed by atoms with Crippen molar-refractivity contribution in [3.05, 3.63) is 64.2 Å². The average molecular weight is 297 g/mol. The number of ether oxygens (including phenoxy) is 1. The van der Waals surface area contributed by atoms with Gasteiger partial charge in [0.25, 0.3) is 0 Å². The van der Waals surface area contributed by atoms with E-state index in [-0.39, 0.29) is 0 Å². The molecule has 2 N–H and O–H groups in total. The molecule has 0 bridgehead atoms. The molecule has 22 heavy (non-hydrogen) atoms. The van der Waals surface area contributed by atoms with Gasteiger partial charge in [-0.1, -0.05) is 35.9 Å². The first kappa shape index (κ1) is 16.6. The number of rotatable bonds is 6. The minimum Gasteiger partial charge on any atom is -0.493 e. The monoisotopic (exact) mass is 297 g/mol. The van der Waals surface area contributed by atoms with Gasteiger partial charge in [0.05, 0.1) is 6.61 Å². The summed E-state index contributed by atoms with van der Waals surface area (Å²) in [4.78, 5) is 0. The van der Waals surface area contributed by atoms with E-state index in [9.17, 15) is 0 Å². The van der Waals surface area contributed by atoms with E-state index in [4.69, 9.17) is 10.5 Å². The molecular formula is C20H27NO. The fourth-order valence-electron chi connectivity index (χ4n) is 2.77. The summed E-state index contributed by atoms with van der Waals surface area (Å²) in [6.45, 7) is 9.80. The number of hydrogen-bond acceptors (Lipinski definition) is 2. The second-order valence-corrected chi connectivity index (χ2v) is 6.20. The molecule has 0 fully saturated rings. The lowest BCUT2D eigenvalue weighted by atomic mass is 9.91. The van der Waals surface area contributed by atoms with Crippen LogP contribution in [0.15, 0.2) is 36.4 Å². The van der Waals surface area contributed by atoms with Crippen molar-refractivity contribution in [3.63, 3.8) is 0 Å². The Bertz CT molecular complexity index is 634. The van der Waals surface area contributed by atoms with Crippen LogP contribution in [0.2, 0.25) is 0 Å². The van der Waals surface area contributed by atoms with Crippen molar-refractivity contribution in [2.24, 2.45) is 5.73 Å². The SMILES string of the molecule is Cc1ccc(C)c(OCCC(CN)c2cc(C)ccc2C)c1. The topological polar surface area (TPSA) is 35.2 Å². The number of nitrogens with two attached hydrogens (primary N) is 1. The van der Waals surface area contributed by atoms with Crippen molar-refractivity contribution in [1.82, 2.24) is 0 Å². The lowest BCUT2D eigenvalue weighted by molar-refractivity contribution is 0.296. The molecule has 118 valence electrons. The summed E-state index contributed by atoms with van der Waals surface area (Å²) < 4.78 is 5.99. The predicted octanol–water partition coefficient (Wildman–Crippen LogP) is 4.43. The van der Waals surface area contributed by atoms with Crippen molar-refractivity contribution in [1.29, 1.82) is 0 Å². The molecule has 0 aromatic heterocycles. The standard InChI is InChI=1S/C20H27NO/c1-14-5-7-16(3)19(11-14)18(13-21)9-10-22-20-12-15(2)6-8-17(20)4/h5-8,11-12,18H,9-10,13,21H2,1-4H3. The van der Waals surface area contributed by atoms with Crippen LogP contribution in [0.1, 0.15) is 40.2 Å². The second kappa shape index (κ2) is 7.46. The van der Waals surface area contributed by atoms with E-state index in [0.717, 1.165) is 12.2 Å². The summed E-state index contributed by atoms with van der Waals surface area (Å²) in [6.07, 6.45) is 0.939. The summed E-state index contributed by atoms with van der Waals surface area (Å²) in [5, 5.41) is 0. The summed E-state index contributed by atoms with van der Waals surface area (Å²) in [5.41, 5.74) is 12.4. The second-order valence-electron chi connectivity index (χ2n) is 6.20. The zero-order valence-electron chi connectivity index (χ0n) is 14.1. The van der Waals surface area contributed by atoms with Gasteiger partial charge in [-0.2, -0.15) is 0 Å². The Kier molecular flexibility index (Phi) is 5.62. The fraction of sp³-hybridized carbons (Fsp3) is 0.400. The maximum Gasteiger partial charge on any atom is 0.122 e. The molecule has 1 atom stereocenters. The van der Waals surface area contributed by atoms with Crippen LogP contribution in [-0.4, -0.2) is 13.2 Å². The molecule has 0 radical (unpaired) electrons.